The molecule has 1 unspecified atom stereocenters. The molecule has 0 spiro atoms. The van der Waals surface area contributed by atoms with Gasteiger partial charge in [0.2, 0.25) is 5.91 Å². The van der Waals surface area contributed by atoms with E-state index in [-0.39, 0.29) is 24.4 Å². The molecule has 1 aromatic carbocycles. The number of carbonyl (C=O) groups excluding carboxylic acids is 1. The lowest BCUT2D eigenvalue weighted by molar-refractivity contribution is -0.131. The minimum absolute atomic E-state index is 0. The number of nitrogens with zero attached hydrogens (tertiary/aromatic N) is 1. The number of hydrogen-bond acceptors (Lipinski definition) is 4. The Morgan fingerprint density at radius 2 is 1.92 bits per heavy atom. The van der Waals surface area contributed by atoms with Gasteiger partial charge in [-0.25, -0.2) is 4.98 Å². The fourth-order valence-corrected chi connectivity index (χ4v) is 3.43. The summed E-state index contributed by atoms with van der Waals surface area (Å²) in [6, 6.07) is 9.94. The van der Waals surface area contributed by atoms with E-state index in [0.717, 1.165) is 29.1 Å². The van der Waals surface area contributed by atoms with Gasteiger partial charge in [0.15, 0.2) is 0 Å². The lowest BCUT2D eigenvalue weighted by atomic mass is 9.81. The van der Waals surface area contributed by atoms with E-state index >= 15 is 0 Å². The molecule has 132 valence electrons. The van der Waals surface area contributed by atoms with Crippen molar-refractivity contribution in [2.45, 2.75) is 39.7 Å². The molecule has 0 saturated heterocycles. The largest absolute Gasteiger partial charge is 0.347 e. The molecule has 0 aliphatic heterocycles. The highest BCUT2D eigenvalue weighted by Crippen LogP contribution is 2.28. The molecule has 0 aliphatic carbocycles. The summed E-state index contributed by atoms with van der Waals surface area (Å²) in [5, 5.41) is 6.03. The molecule has 0 fully saturated rings. The van der Waals surface area contributed by atoms with E-state index < -0.39 is 5.41 Å². The molecule has 1 atom stereocenters. The predicted octanol–water partition coefficient (Wildman–Crippen LogP) is 4.17. The number of carbonyl (C=O) groups is 1. The van der Waals surface area contributed by atoms with Gasteiger partial charge in [0, 0.05) is 17.5 Å². The smallest absolute Gasteiger partial charge is 0.228 e. The van der Waals surface area contributed by atoms with Crippen molar-refractivity contribution in [3.05, 3.63) is 40.7 Å². The Labute approximate surface area is 154 Å². The number of rotatable bonds is 7. The van der Waals surface area contributed by atoms with Crippen LogP contribution < -0.4 is 11.1 Å². The maximum atomic E-state index is 12.6. The Hall–Kier alpha value is -1.43. The van der Waals surface area contributed by atoms with Crippen molar-refractivity contribution in [2.24, 2.45) is 11.1 Å². The van der Waals surface area contributed by atoms with Gasteiger partial charge in [0.25, 0.3) is 0 Å². The topological polar surface area (TPSA) is 68.0 Å². The predicted molar refractivity (Wildman–Crippen MR) is 103 cm³/mol. The van der Waals surface area contributed by atoms with Crippen LogP contribution >= 0.6 is 23.7 Å². The first-order valence-electron chi connectivity index (χ1n) is 8.08. The van der Waals surface area contributed by atoms with E-state index in [1.54, 1.807) is 11.3 Å². The number of halogens is 1. The Morgan fingerprint density at radius 1 is 1.29 bits per heavy atom. The number of thiazole rings is 1. The second-order valence-corrected chi connectivity index (χ2v) is 6.71. The molecule has 0 radical (unpaired) electrons. The van der Waals surface area contributed by atoms with Crippen molar-refractivity contribution in [3.63, 3.8) is 0 Å². The van der Waals surface area contributed by atoms with Crippen molar-refractivity contribution in [1.82, 2.24) is 10.3 Å². The summed E-state index contributed by atoms with van der Waals surface area (Å²) in [5.74, 6) is 0.0222. The van der Waals surface area contributed by atoms with Crippen LogP contribution in [0.15, 0.2) is 35.7 Å². The van der Waals surface area contributed by atoms with E-state index in [9.17, 15) is 4.79 Å². The summed E-state index contributed by atoms with van der Waals surface area (Å²) >= 11 is 1.57. The number of nitrogens with two attached hydrogens (primary N) is 1. The Balaban J connectivity index is 0.00000288. The second-order valence-electron chi connectivity index (χ2n) is 5.82. The van der Waals surface area contributed by atoms with Crippen molar-refractivity contribution in [1.29, 1.82) is 0 Å². The van der Waals surface area contributed by atoms with Gasteiger partial charge < -0.3 is 11.1 Å². The van der Waals surface area contributed by atoms with Gasteiger partial charge in [-0.15, -0.1) is 23.7 Å². The molecule has 1 amide bonds. The van der Waals surface area contributed by atoms with Crippen LogP contribution in [0.1, 0.15) is 44.7 Å². The SMILES string of the molecule is CCC(CC)(CN)C(=O)NC(C)c1nc(-c2ccccc2)cs1.Cl. The quantitative estimate of drug-likeness (QED) is 0.771. The molecule has 2 aromatic rings. The van der Waals surface area contributed by atoms with Crippen molar-refractivity contribution < 1.29 is 4.79 Å². The maximum Gasteiger partial charge on any atom is 0.228 e. The summed E-state index contributed by atoms with van der Waals surface area (Å²) in [7, 11) is 0. The second kappa shape index (κ2) is 9.16. The fraction of sp³-hybridized carbons (Fsp3) is 0.444. The van der Waals surface area contributed by atoms with Crippen LogP contribution in [0.25, 0.3) is 11.3 Å². The van der Waals surface area contributed by atoms with Gasteiger partial charge in [-0.05, 0) is 19.8 Å². The molecule has 0 saturated carbocycles. The third-order valence-electron chi connectivity index (χ3n) is 4.54. The summed E-state index contributed by atoms with van der Waals surface area (Å²) < 4.78 is 0. The zero-order valence-electron chi connectivity index (χ0n) is 14.4. The Kier molecular flexibility index (Phi) is 7.87. The number of benzene rings is 1. The molecule has 0 bridgehead atoms. The molecule has 6 heteroatoms. The average Bonchev–Trinajstić information content (AvgIpc) is 3.08. The van der Waals surface area contributed by atoms with E-state index in [0.29, 0.717) is 6.54 Å². The van der Waals surface area contributed by atoms with Gasteiger partial charge in [0.05, 0.1) is 17.2 Å². The van der Waals surface area contributed by atoms with Crippen molar-refractivity contribution >= 4 is 29.7 Å². The summed E-state index contributed by atoms with van der Waals surface area (Å²) in [6.45, 7) is 6.36. The summed E-state index contributed by atoms with van der Waals surface area (Å²) in [6.07, 6.45) is 1.48. The monoisotopic (exact) mass is 367 g/mol. The van der Waals surface area contributed by atoms with Crippen LogP contribution in [0.3, 0.4) is 0 Å². The van der Waals surface area contributed by atoms with Crippen LogP contribution in [0, 0.1) is 5.41 Å². The fourth-order valence-electron chi connectivity index (χ4n) is 2.59. The first kappa shape index (κ1) is 20.6. The van der Waals surface area contributed by atoms with E-state index in [1.165, 1.54) is 0 Å². The summed E-state index contributed by atoms with van der Waals surface area (Å²) in [4.78, 5) is 17.3. The highest BCUT2D eigenvalue weighted by atomic mass is 35.5. The van der Waals surface area contributed by atoms with Gasteiger partial charge in [-0.2, -0.15) is 0 Å². The first-order valence-corrected chi connectivity index (χ1v) is 8.96. The lowest BCUT2D eigenvalue weighted by Crippen LogP contribution is -2.46. The zero-order chi connectivity index (χ0) is 16.9. The third kappa shape index (κ3) is 4.35. The number of nitrogens with one attached hydrogen (secondary N) is 1. The standard InChI is InChI=1S/C18H25N3OS.ClH/c1-4-18(5-2,12-19)17(22)20-13(3)16-21-15(11-23-16)14-9-7-6-8-10-14;/h6-11,13H,4-5,12,19H2,1-3H3,(H,20,22);1H. The number of amides is 1. The molecule has 3 N–H and O–H groups in total. The van der Waals surface area contributed by atoms with E-state index in [1.807, 2.05) is 56.5 Å². The van der Waals surface area contributed by atoms with Crippen LogP contribution in [0.2, 0.25) is 0 Å². The highest BCUT2D eigenvalue weighted by Gasteiger charge is 2.34. The average molecular weight is 368 g/mol. The molecular formula is C18H26ClN3OS. The van der Waals surface area contributed by atoms with Crippen LogP contribution in [0.4, 0.5) is 0 Å². The molecule has 4 nitrogen and oxygen atoms in total. The maximum absolute atomic E-state index is 12.6. The molecule has 0 aliphatic rings. The van der Waals surface area contributed by atoms with E-state index in [2.05, 4.69) is 10.3 Å². The minimum Gasteiger partial charge on any atom is -0.347 e. The van der Waals surface area contributed by atoms with Gasteiger partial charge in [-0.3, -0.25) is 4.79 Å². The molecular weight excluding hydrogens is 342 g/mol. The first-order chi connectivity index (χ1) is 11.1. The molecule has 24 heavy (non-hydrogen) atoms. The van der Waals surface area contributed by atoms with Crippen LogP contribution in [0.5, 0.6) is 0 Å². The third-order valence-corrected chi connectivity index (χ3v) is 5.56. The van der Waals surface area contributed by atoms with E-state index in [4.69, 9.17) is 5.73 Å². The number of aromatic nitrogens is 1. The van der Waals surface area contributed by atoms with Gasteiger partial charge >= 0.3 is 0 Å². The van der Waals surface area contributed by atoms with Crippen molar-refractivity contribution in [3.8, 4) is 11.3 Å². The van der Waals surface area contributed by atoms with Crippen molar-refractivity contribution in [2.75, 3.05) is 6.54 Å². The Morgan fingerprint density at radius 3 is 2.46 bits per heavy atom. The lowest BCUT2D eigenvalue weighted by Gasteiger charge is -2.29. The minimum atomic E-state index is -0.478. The molecule has 1 aromatic heterocycles. The highest BCUT2D eigenvalue weighted by molar-refractivity contribution is 7.10. The molecule has 1 heterocycles. The van der Waals surface area contributed by atoms with Crippen LogP contribution in [-0.2, 0) is 4.79 Å². The normalized spacial score (nSPS) is 12.3. The summed E-state index contributed by atoms with van der Waals surface area (Å²) in [5.41, 5.74) is 7.41. The van der Waals surface area contributed by atoms with Gasteiger partial charge in [0.1, 0.15) is 5.01 Å². The van der Waals surface area contributed by atoms with Crippen LogP contribution in [-0.4, -0.2) is 17.4 Å². The zero-order valence-corrected chi connectivity index (χ0v) is 16.0. The number of hydrogen-bond donors (Lipinski definition) is 2. The van der Waals surface area contributed by atoms with Gasteiger partial charge in [-0.1, -0.05) is 44.2 Å². The molecule has 2 rings (SSSR count). The Bertz CT molecular complexity index is 632.